The fraction of sp³-hybridized carbons (Fsp3) is 0.238. The van der Waals surface area contributed by atoms with E-state index in [0.717, 1.165) is 11.1 Å². The number of aromatic nitrogens is 3. The summed E-state index contributed by atoms with van der Waals surface area (Å²) in [6.45, 7) is 2.60. The highest BCUT2D eigenvalue weighted by Crippen LogP contribution is 2.29. The summed E-state index contributed by atoms with van der Waals surface area (Å²) in [5.74, 6) is -0.374. The Kier molecular flexibility index (Phi) is 4.89. The van der Waals surface area contributed by atoms with Gasteiger partial charge in [-0.2, -0.15) is 0 Å². The zero-order valence-electron chi connectivity index (χ0n) is 15.4. The maximum atomic E-state index is 12.4. The van der Waals surface area contributed by atoms with Crippen molar-refractivity contribution in [2.45, 2.75) is 19.8 Å². The fourth-order valence-electron chi connectivity index (χ4n) is 3.27. The number of ether oxygens (including phenoxy) is 2. The Morgan fingerprint density at radius 2 is 2.18 bits per heavy atom. The van der Waals surface area contributed by atoms with Crippen molar-refractivity contribution in [3.05, 3.63) is 59.8 Å². The van der Waals surface area contributed by atoms with Gasteiger partial charge in [0.25, 0.3) is 0 Å². The van der Waals surface area contributed by atoms with Crippen LogP contribution in [0, 0.1) is 0 Å². The topological polar surface area (TPSA) is 94.2 Å². The van der Waals surface area contributed by atoms with E-state index < -0.39 is 5.97 Å². The number of esters is 1. The Balaban J connectivity index is 1.71. The maximum absolute atomic E-state index is 12.4. The van der Waals surface area contributed by atoms with Crippen molar-refractivity contribution in [3.63, 3.8) is 0 Å². The molecular weight excluding hydrogens is 358 g/mol. The molecule has 2 aromatic heterocycles. The van der Waals surface area contributed by atoms with Gasteiger partial charge in [-0.05, 0) is 18.6 Å². The molecule has 0 spiro atoms. The van der Waals surface area contributed by atoms with Crippen molar-refractivity contribution in [2.24, 2.45) is 0 Å². The Hall–Kier alpha value is -3.48. The van der Waals surface area contributed by atoms with E-state index in [4.69, 9.17) is 9.47 Å². The molecule has 0 fully saturated rings. The van der Waals surface area contributed by atoms with Gasteiger partial charge in [0, 0.05) is 30.2 Å². The maximum Gasteiger partial charge on any atom is 0.340 e. The lowest BCUT2D eigenvalue weighted by atomic mass is 9.99. The number of nitrogens with zero attached hydrogens (tertiary/aromatic N) is 2. The van der Waals surface area contributed by atoms with Gasteiger partial charge in [0.05, 0.1) is 36.1 Å². The quantitative estimate of drug-likeness (QED) is 0.663. The molecule has 7 nitrogen and oxygen atoms in total. The lowest BCUT2D eigenvalue weighted by Crippen LogP contribution is -2.06. The smallest absolute Gasteiger partial charge is 0.340 e. The largest absolute Gasteiger partial charge is 0.500 e. The van der Waals surface area contributed by atoms with Crippen molar-refractivity contribution < 1.29 is 19.1 Å². The SMILES string of the molecule is CCOC(=O)c1c[nH]c2ncnc(-c3cccc(CC(=O)C4=COCC4)c3)c12. The summed E-state index contributed by atoms with van der Waals surface area (Å²) >= 11 is 0. The molecule has 1 aromatic carbocycles. The van der Waals surface area contributed by atoms with Crippen LogP contribution in [0.1, 0.15) is 29.3 Å². The van der Waals surface area contributed by atoms with Gasteiger partial charge in [-0.15, -0.1) is 0 Å². The predicted molar refractivity (Wildman–Crippen MR) is 103 cm³/mol. The highest BCUT2D eigenvalue weighted by molar-refractivity contribution is 6.08. The van der Waals surface area contributed by atoms with Crippen molar-refractivity contribution in [3.8, 4) is 11.3 Å². The summed E-state index contributed by atoms with van der Waals surface area (Å²) in [5, 5.41) is 0.608. The lowest BCUT2D eigenvalue weighted by Gasteiger charge is -2.07. The zero-order valence-corrected chi connectivity index (χ0v) is 15.4. The average molecular weight is 377 g/mol. The third-order valence-electron chi connectivity index (χ3n) is 4.60. The van der Waals surface area contributed by atoms with E-state index in [2.05, 4.69) is 15.0 Å². The number of aromatic amines is 1. The van der Waals surface area contributed by atoms with E-state index in [0.29, 0.717) is 40.9 Å². The van der Waals surface area contributed by atoms with E-state index in [1.807, 2.05) is 24.3 Å². The minimum atomic E-state index is -0.427. The molecule has 0 bridgehead atoms. The van der Waals surface area contributed by atoms with Crippen LogP contribution in [-0.2, 0) is 20.7 Å². The third-order valence-corrected chi connectivity index (χ3v) is 4.60. The van der Waals surface area contributed by atoms with Gasteiger partial charge in [0.1, 0.15) is 12.0 Å². The van der Waals surface area contributed by atoms with Crippen LogP contribution in [0.3, 0.4) is 0 Å². The fourth-order valence-corrected chi connectivity index (χ4v) is 3.27. The Bertz CT molecular complexity index is 1080. The zero-order chi connectivity index (χ0) is 19.5. The van der Waals surface area contributed by atoms with Crippen molar-refractivity contribution in [1.29, 1.82) is 0 Å². The average Bonchev–Trinajstić information content (AvgIpc) is 3.38. The van der Waals surface area contributed by atoms with Gasteiger partial charge in [0.15, 0.2) is 5.78 Å². The molecule has 1 aliphatic rings. The molecule has 0 aliphatic carbocycles. The summed E-state index contributed by atoms with van der Waals surface area (Å²) in [6.07, 6.45) is 5.51. The molecule has 0 saturated heterocycles. The molecule has 0 radical (unpaired) electrons. The number of nitrogens with one attached hydrogen (secondary N) is 1. The summed E-state index contributed by atoms with van der Waals surface area (Å²) in [7, 11) is 0. The molecule has 0 amide bonds. The number of hydrogen-bond donors (Lipinski definition) is 1. The second kappa shape index (κ2) is 7.64. The van der Waals surface area contributed by atoms with Crippen molar-refractivity contribution >= 4 is 22.8 Å². The standard InChI is InChI=1S/C21H19N3O4/c1-2-28-21(26)16-10-22-20-18(16)19(23-12-24-20)14-5-3-4-13(8-14)9-17(25)15-6-7-27-11-15/h3-5,8,10-12H,2,6-7,9H2,1H3,(H,22,23,24). The van der Waals surface area contributed by atoms with E-state index in [1.54, 1.807) is 19.4 Å². The monoisotopic (exact) mass is 377 g/mol. The van der Waals surface area contributed by atoms with Crippen LogP contribution in [0.4, 0.5) is 0 Å². The molecule has 142 valence electrons. The number of ketones is 1. The highest BCUT2D eigenvalue weighted by atomic mass is 16.5. The van der Waals surface area contributed by atoms with E-state index in [9.17, 15) is 9.59 Å². The lowest BCUT2D eigenvalue weighted by molar-refractivity contribution is -0.115. The van der Waals surface area contributed by atoms with Crippen molar-refractivity contribution in [1.82, 2.24) is 15.0 Å². The Labute approximate surface area is 161 Å². The minimum Gasteiger partial charge on any atom is -0.500 e. The van der Waals surface area contributed by atoms with E-state index in [-0.39, 0.29) is 18.8 Å². The van der Waals surface area contributed by atoms with Gasteiger partial charge in [-0.3, -0.25) is 4.79 Å². The first-order chi connectivity index (χ1) is 13.7. The van der Waals surface area contributed by atoms with Gasteiger partial charge < -0.3 is 14.5 Å². The van der Waals surface area contributed by atoms with Gasteiger partial charge >= 0.3 is 5.97 Å². The van der Waals surface area contributed by atoms with Crippen LogP contribution in [-0.4, -0.2) is 39.9 Å². The summed E-state index contributed by atoms with van der Waals surface area (Å²) in [4.78, 5) is 36.3. The first-order valence-corrected chi connectivity index (χ1v) is 9.09. The number of carbonyl (C=O) groups is 2. The van der Waals surface area contributed by atoms with E-state index in [1.165, 1.54) is 6.33 Å². The van der Waals surface area contributed by atoms with Gasteiger partial charge in [-0.1, -0.05) is 18.2 Å². The van der Waals surface area contributed by atoms with Crippen LogP contribution < -0.4 is 0 Å². The number of carbonyl (C=O) groups excluding carboxylic acids is 2. The van der Waals surface area contributed by atoms with E-state index >= 15 is 0 Å². The molecule has 28 heavy (non-hydrogen) atoms. The number of H-pyrrole nitrogens is 1. The Morgan fingerprint density at radius 3 is 2.96 bits per heavy atom. The number of rotatable bonds is 6. The molecule has 1 N–H and O–H groups in total. The molecule has 3 aromatic rings. The first-order valence-electron chi connectivity index (χ1n) is 9.09. The second-order valence-corrected chi connectivity index (χ2v) is 6.43. The molecule has 7 heteroatoms. The second-order valence-electron chi connectivity index (χ2n) is 6.43. The van der Waals surface area contributed by atoms with Crippen LogP contribution in [0.25, 0.3) is 22.3 Å². The first kappa shape index (κ1) is 17.9. The van der Waals surface area contributed by atoms with Gasteiger partial charge in [0.2, 0.25) is 0 Å². The molecule has 0 saturated carbocycles. The van der Waals surface area contributed by atoms with Crippen LogP contribution >= 0.6 is 0 Å². The van der Waals surface area contributed by atoms with Crippen LogP contribution in [0.15, 0.2) is 48.6 Å². The number of benzene rings is 1. The highest BCUT2D eigenvalue weighted by Gasteiger charge is 2.20. The molecule has 0 atom stereocenters. The number of fused-ring (bicyclic) bond motifs is 1. The molecular formula is C21H19N3O4. The van der Waals surface area contributed by atoms with Crippen LogP contribution in [0.2, 0.25) is 0 Å². The molecule has 4 rings (SSSR count). The van der Waals surface area contributed by atoms with Crippen molar-refractivity contribution in [2.75, 3.05) is 13.2 Å². The summed E-state index contributed by atoms with van der Waals surface area (Å²) in [5.41, 5.74) is 3.96. The van der Waals surface area contributed by atoms with Crippen LogP contribution in [0.5, 0.6) is 0 Å². The summed E-state index contributed by atoms with van der Waals surface area (Å²) in [6, 6.07) is 7.59. The predicted octanol–water partition coefficient (Wildman–Crippen LogP) is 3.22. The Morgan fingerprint density at radius 1 is 1.29 bits per heavy atom. The number of Topliss-reactive ketones (excluding diaryl/α,β-unsaturated/α-hetero) is 1. The molecule has 1 aliphatic heterocycles. The molecule has 0 unspecified atom stereocenters. The minimum absolute atomic E-state index is 0.0522. The third kappa shape index (κ3) is 3.38. The normalized spacial score (nSPS) is 13.2. The number of hydrogen-bond acceptors (Lipinski definition) is 6. The van der Waals surface area contributed by atoms with Gasteiger partial charge in [-0.25, -0.2) is 14.8 Å². The summed E-state index contributed by atoms with van der Waals surface area (Å²) < 4.78 is 10.3. The molecule has 3 heterocycles.